The number of hydrogen-bond donors (Lipinski definition) is 2. The SMILES string of the molecule is CN=C(NCCc1ccc(Cl)nc1)NCC(C)Cc1cccs1. The van der Waals surface area contributed by atoms with Gasteiger partial charge in [-0.05, 0) is 41.8 Å². The summed E-state index contributed by atoms with van der Waals surface area (Å²) in [5.74, 6) is 1.40. The number of nitrogens with zero attached hydrogens (tertiary/aromatic N) is 2. The van der Waals surface area contributed by atoms with E-state index in [4.69, 9.17) is 11.6 Å². The Hall–Kier alpha value is -1.59. The maximum Gasteiger partial charge on any atom is 0.190 e. The molecule has 2 rings (SSSR count). The van der Waals surface area contributed by atoms with Crippen molar-refractivity contribution in [3.05, 3.63) is 51.4 Å². The summed E-state index contributed by atoms with van der Waals surface area (Å²) in [4.78, 5) is 9.78. The maximum atomic E-state index is 5.79. The van der Waals surface area contributed by atoms with Gasteiger partial charge in [0, 0.05) is 31.2 Å². The van der Waals surface area contributed by atoms with Crippen LogP contribution >= 0.6 is 22.9 Å². The quantitative estimate of drug-likeness (QED) is 0.457. The van der Waals surface area contributed by atoms with Crippen LogP contribution in [0.1, 0.15) is 17.4 Å². The van der Waals surface area contributed by atoms with Gasteiger partial charge in [-0.25, -0.2) is 4.98 Å². The van der Waals surface area contributed by atoms with Gasteiger partial charge in [0.15, 0.2) is 5.96 Å². The fraction of sp³-hybridized carbons (Fsp3) is 0.412. The molecule has 2 heterocycles. The number of guanidine groups is 1. The van der Waals surface area contributed by atoms with Crippen LogP contribution in [0, 0.1) is 5.92 Å². The molecule has 0 saturated heterocycles. The first kappa shape index (κ1) is 17.8. The van der Waals surface area contributed by atoms with E-state index in [1.54, 1.807) is 7.05 Å². The van der Waals surface area contributed by atoms with E-state index in [1.165, 1.54) is 4.88 Å². The highest BCUT2D eigenvalue weighted by Crippen LogP contribution is 2.13. The zero-order chi connectivity index (χ0) is 16.5. The van der Waals surface area contributed by atoms with E-state index in [0.717, 1.165) is 37.5 Å². The number of halogens is 1. The third kappa shape index (κ3) is 6.59. The fourth-order valence-corrected chi connectivity index (χ4v) is 3.20. The van der Waals surface area contributed by atoms with Crippen LogP contribution in [0.15, 0.2) is 40.8 Å². The standard InChI is InChI=1S/C17H23ClN4S/c1-13(10-15-4-3-9-23-15)11-22-17(19-2)20-8-7-14-5-6-16(18)21-12-14/h3-6,9,12-13H,7-8,10-11H2,1-2H3,(H2,19,20,22). The Kier molecular flexibility index (Phi) is 7.36. The lowest BCUT2D eigenvalue weighted by atomic mass is 10.1. The lowest BCUT2D eigenvalue weighted by Gasteiger charge is -2.15. The molecule has 2 aromatic heterocycles. The van der Waals surface area contributed by atoms with E-state index in [0.29, 0.717) is 11.1 Å². The average Bonchev–Trinajstić information content (AvgIpc) is 3.05. The highest BCUT2D eigenvalue weighted by molar-refractivity contribution is 7.09. The van der Waals surface area contributed by atoms with Crippen molar-refractivity contribution >= 4 is 28.9 Å². The molecule has 2 aromatic rings. The van der Waals surface area contributed by atoms with Crippen LogP contribution in [0.2, 0.25) is 5.15 Å². The summed E-state index contributed by atoms with van der Waals surface area (Å²) in [6, 6.07) is 8.10. The average molecular weight is 351 g/mol. The molecule has 0 aliphatic carbocycles. The van der Waals surface area contributed by atoms with Crippen molar-refractivity contribution in [2.75, 3.05) is 20.1 Å². The second-order valence-electron chi connectivity index (χ2n) is 5.51. The van der Waals surface area contributed by atoms with E-state index in [-0.39, 0.29) is 0 Å². The maximum absolute atomic E-state index is 5.79. The van der Waals surface area contributed by atoms with Crippen molar-refractivity contribution < 1.29 is 0 Å². The van der Waals surface area contributed by atoms with Gasteiger partial charge in [-0.1, -0.05) is 30.7 Å². The van der Waals surface area contributed by atoms with E-state index < -0.39 is 0 Å². The van der Waals surface area contributed by atoms with E-state index in [9.17, 15) is 0 Å². The molecule has 124 valence electrons. The molecule has 1 unspecified atom stereocenters. The first-order chi connectivity index (χ1) is 11.2. The van der Waals surface area contributed by atoms with Gasteiger partial charge in [-0.2, -0.15) is 0 Å². The summed E-state index contributed by atoms with van der Waals surface area (Å²) in [6.07, 6.45) is 3.79. The van der Waals surface area contributed by atoms with Gasteiger partial charge in [0.25, 0.3) is 0 Å². The van der Waals surface area contributed by atoms with Gasteiger partial charge in [0.1, 0.15) is 5.15 Å². The minimum absolute atomic E-state index is 0.527. The largest absolute Gasteiger partial charge is 0.356 e. The van der Waals surface area contributed by atoms with E-state index >= 15 is 0 Å². The van der Waals surface area contributed by atoms with Crippen molar-refractivity contribution in [2.45, 2.75) is 19.8 Å². The highest BCUT2D eigenvalue weighted by atomic mass is 35.5. The first-order valence-corrected chi connectivity index (χ1v) is 9.00. The third-order valence-corrected chi connectivity index (χ3v) is 4.59. The molecule has 6 heteroatoms. The molecule has 0 saturated carbocycles. The molecule has 0 aromatic carbocycles. The fourth-order valence-electron chi connectivity index (χ4n) is 2.22. The lowest BCUT2D eigenvalue weighted by molar-refractivity contribution is 0.562. The van der Waals surface area contributed by atoms with Crippen LogP contribution in [-0.2, 0) is 12.8 Å². The zero-order valence-electron chi connectivity index (χ0n) is 13.6. The first-order valence-electron chi connectivity index (χ1n) is 7.74. The molecule has 0 aliphatic rings. The Balaban J connectivity index is 1.67. The van der Waals surface area contributed by atoms with E-state index in [2.05, 4.69) is 45.0 Å². The number of thiophene rings is 1. The molecule has 0 bridgehead atoms. The predicted molar refractivity (Wildman–Crippen MR) is 99.5 cm³/mol. The topological polar surface area (TPSA) is 49.3 Å². The van der Waals surface area contributed by atoms with Gasteiger partial charge in [0.05, 0.1) is 0 Å². The molecular weight excluding hydrogens is 328 g/mol. The Bertz CT molecular complexity index is 596. The van der Waals surface area contributed by atoms with Crippen molar-refractivity contribution in [3.8, 4) is 0 Å². The Morgan fingerprint density at radius 1 is 1.35 bits per heavy atom. The molecule has 0 fully saturated rings. The molecule has 2 N–H and O–H groups in total. The van der Waals surface area contributed by atoms with Crippen LogP contribution in [0.3, 0.4) is 0 Å². The Morgan fingerprint density at radius 3 is 2.87 bits per heavy atom. The van der Waals surface area contributed by atoms with Crippen molar-refractivity contribution in [2.24, 2.45) is 10.9 Å². The van der Waals surface area contributed by atoms with E-state index in [1.807, 2.05) is 29.7 Å². The molecule has 0 aliphatic heterocycles. The van der Waals surface area contributed by atoms with Crippen molar-refractivity contribution in [1.29, 1.82) is 0 Å². The molecule has 0 spiro atoms. The summed E-state index contributed by atoms with van der Waals surface area (Å²) in [6.45, 7) is 3.96. The minimum Gasteiger partial charge on any atom is -0.356 e. The van der Waals surface area contributed by atoms with Gasteiger partial charge in [0.2, 0.25) is 0 Å². The number of aromatic nitrogens is 1. The summed E-state index contributed by atoms with van der Waals surface area (Å²) in [5, 5.41) is 9.36. The summed E-state index contributed by atoms with van der Waals surface area (Å²) in [5.41, 5.74) is 1.16. The number of nitrogens with one attached hydrogen (secondary N) is 2. The second-order valence-corrected chi connectivity index (χ2v) is 6.93. The smallest absolute Gasteiger partial charge is 0.190 e. The van der Waals surface area contributed by atoms with Crippen LogP contribution < -0.4 is 10.6 Å². The predicted octanol–water partition coefficient (Wildman–Crippen LogP) is 3.38. The number of pyridine rings is 1. The highest BCUT2D eigenvalue weighted by Gasteiger charge is 2.06. The van der Waals surface area contributed by atoms with Gasteiger partial charge >= 0.3 is 0 Å². The van der Waals surface area contributed by atoms with Crippen LogP contribution in [-0.4, -0.2) is 31.1 Å². The minimum atomic E-state index is 0.527. The summed E-state index contributed by atoms with van der Waals surface area (Å²) < 4.78 is 0. The van der Waals surface area contributed by atoms with Gasteiger partial charge in [-0.3, -0.25) is 4.99 Å². The van der Waals surface area contributed by atoms with Crippen LogP contribution in [0.25, 0.3) is 0 Å². The van der Waals surface area contributed by atoms with Crippen molar-refractivity contribution in [1.82, 2.24) is 15.6 Å². The molecular formula is C17H23ClN4S. The Labute approximate surface area is 147 Å². The summed E-state index contributed by atoms with van der Waals surface area (Å²) in [7, 11) is 1.79. The molecule has 4 nitrogen and oxygen atoms in total. The molecule has 1 atom stereocenters. The normalized spacial score (nSPS) is 12.9. The number of rotatable bonds is 7. The van der Waals surface area contributed by atoms with Crippen molar-refractivity contribution in [3.63, 3.8) is 0 Å². The summed E-state index contributed by atoms with van der Waals surface area (Å²) >= 11 is 7.60. The van der Waals surface area contributed by atoms with Gasteiger partial charge < -0.3 is 10.6 Å². The van der Waals surface area contributed by atoms with Crippen LogP contribution in [0.5, 0.6) is 0 Å². The Morgan fingerprint density at radius 2 is 2.22 bits per heavy atom. The van der Waals surface area contributed by atoms with Crippen LogP contribution in [0.4, 0.5) is 0 Å². The number of aliphatic imine (C=N–C) groups is 1. The molecule has 23 heavy (non-hydrogen) atoms. The molecule has 0 amide bonds. The second kappa shape index (κ2) is 9.53. The van der Waals surface area contributed by atoms with Gasteiger partial charge in [-0.15, -0.1) is 11.3 Å². The number of hydrogen-bond acceptors (Lipinski definition) is 3. The monoisotopic (exact) mass is 350 g/mol. The zero-order valence-corrected chi connectivity index (χ0v) is 15.1. The third-order valence-electron chi connectivity index (χ3n) is 3.47. The molecule has 0 radical (unpaired) electrons. The lowest BCUT2D eigenvalue weighted by Crippen LogP contribution is -2.40.